The van der Waals surface area contributed by atoms with Crippen LogP contribution < -0.4 is 10.6 Å². The molecule has 0 unspecified atom stereocenters. The second kappa shape index (κ2) is 20.2. The van der Waals surface area contributed by atoms with Gasteiger partial charge in [-0.15, -0.1) is 0 Å². The molecule has 2 amide bonds. The first-order chi connectivity index (χ1) is 25.4. The summed E-state index contributed by atoms with van der Waals surface area (Å²) in [5, 5.41) is 21.2. The number of alkyl halides is 4. The molecule has 0 saturated carbocycles. The molecule has 0 fully saturated rings. The Bertz CT molecular complexity index is 1850. The van der Waals surface area contributed by atoms with Crippen molar-refractivity contribution in [1.82, 2.24) is 40.2 Å². The van der Waals surface area contributed by atoms with Gasteiger partial charge >= 0.3 is 0 Å². The lowest BCUT2D eigenvalue weighted by Gasteiger charge is -2.11. The van der Waals surface area contributed by atoms with Crippen LogP contribution in [0.1, 0.15) is 84.0 Å². The van der Waals surface area contributed by atoms with Crippen LogP contribution in [0.5, 0.6) is 0 Å². The topological polar surface area (TPSA) is 163 Å². The number of aryl methyl sites for hydroxylation is 2. The summed E-state index contributed by atoms with van der Waals surface area (Å²) >= 11 is 23.9. The zero-order valence-corrected chi connectivity index (χ0v) is 32.4. The molecule has 0 aliphatic carbocycles. The van der Waals surface area contributed by atoms with E-state index in [9.17, 15) is 27.2 Å². The van der Waals surface area contributed by atoms with E-state index >= 15 is 0 Å². The molecule has 292 valence electrons. The molecule has 0 saturated heterocycles. The fourth-order valence-corrected chi connectivity index (χ4v) is 5.09. The molecule has 0 atom stereocenters. The van der Waals surface area contributed by atoms with Crippen molar-refractivity contribution >= 4 is 69.6 Å². The smallest absolute Gasteiger partial charge is 0.282 e. The van der Waals surface area contributed by atoms with Gasteiger partial charge in [0.1, 0.15) is 46.4 Å². The molecule has 0 bridgehead atoms. The van der Waals surface area contributed by atoms with Crippen LogP contribution in [0.2, 0.25) is 20.1 Å². The molecular weight excluding hydrogens is 806 g/mol. The maximum atomic E-state index is 13.0. The second-order valence-corrected chi connectivity index (χ2v) is 13.2. The Hall–Kier alpha value is -4.52. The van der Waals surface area contributed by atoms with E-state index in [0.29, 0.717) is 10.0 Å². The highest BCUT2D eigenvalue weighted by molar-refractivity contribution is 6.37. The Kier molecular flexibility index (Phi) is 16.4. The van der Waals surface area contributed by atoms with Gasteiger partial charge < -0.3 is 20.3 Å². The van der Waals surface area contributed by atoms with Crippen LogP contribution >= 0.6 is 46.4 Å². The molecule has 0 aliphatic heterocycles. The molecule has 22 heteroatoms. The number of amides is 2. The highest BCUT2D eigenvalue weighted by atomic mass is 35.5. The maximum absolute atomic E-state index is 13.0. The van der Waals surface area contributed by atoms with Gasteiger partial charge in [0.25, 0.3) is 24.7 Å². The van der Waals surface area contributed by atoms with Gasteiger partial charge in [0.15, 0.2) is 0 Å². The average molecular weight is 840 g/mol. The van der Waals surface area contributed by atoms with E-state index in [4.69, 9.17) is 56.1 Å². The van der Waals surface area contributed by atoms with Gasteiger partial charge in [-0.05, 0) is 39.8 Å². The van der Waals surface area contributed by atoms with Gasteiger partial charge in [-0.1, -0.05) is 56.7 Å². The van der Waals surface area contributed by atoms with Gasteiger partial charge in [0, 0.05) is 38.9 Å². The number of hydrogen-bond acceptors (Lipinski definition) is 10. The van der Waals surface area contributed by atoms with Crippen molar-refractivity contribution in [2.75, 3.05) is 13.1 Å². The van der Waals surface area contributed by atoms with Crippen LogP contribution in [0.3, 0.4) is 0 Å². The molecule has 14 nitrogen and oxygen atoms in total. The largest absolute Gasteiger partial charge is 0.393 e. The highest BCUT2D eigenvalue weighted by Gasteiger charge is 2.25. The average Bonchev–Trinajstić information content (AvgIpc) is 3.68. The lowest BCUT2D eigenvalue weighted by molar-refractivity contribution is 0.0850. The Labute approximate surface area is 326 Å². The van der Waals surface area contributed by atoms with E-state index in [0.717, 1.165) is 9.36 Å². The molecule has 0 radical (unpaired) electrons. The number of rotatable bonds is 14. The van der Waals surface area contributed by atoms with Crippen molar-refractivity contribution in [3.8, 4) is 0 Å². The molecule has 2 N–H and O–H groups in total. The van der Waals surface area contributed by atoms with Gasteiger partial charge in [0.2, 0.25) is 0 Å². The van der Waals surface area contributed by atoms with E-state index in [1.165, 1.54) is 51.0 Å². The minimum Gasteiger partial charge on any atom is -0.393 e. The lowest BCUT2D eigenvalue weighted by Crippen LogP contribution is -2.31. The number of oxime groups is 2. The second-order valence-electron chi connectivity index (χ2n) is 11.5. The summed E-state index contributed by atoms with van der Waals surface area (Å²) in [6.45, 7) is 6.75. The first-order valence-electron chi connectivity index (χ1n) is 15.7. The summed E-state index contributed by atoms with van der Waals surface area (Å²) in [6.07, 6.45) is -1.06. The maximum Gasteiger partial charge on any atom is 0.282 e. The predicted molar refractivity (Wildman–Crippen MR) is 195 cm³/mol. The first kappa shape index (κ1) is 43.9. The van der Waals surface area contributed by atoms with Gasteiger partial charge in [-0.2, -0.15) is 10.2 Å². The molecule has 4 rings (SSSR count). The number of hydrogen-bond donors (Lipinski definition) is 2. The number of carbonyl (C=O) groups is 2. The quantitative estimate of drug-likeness (QED) is 0.0763. The fraction of sp³-hybridized carbons (Fsp3) is 0.375. The third kappa shape index (κ3) is 12.8. The molecule has 0 aromatic carbocycles. The minimum atomic E-state index is -2.88. The zero-order valence-electron chi connectivity index (χ0n) is 29.4. The van der Waals surface area contributed by atoms with Crippen LogP contribution in [-0.2, 0) is 23.8 Å². The summed E-state index contributed by atoms with van der Waals surface area (Å²) in [6, 6.07) is 2.93. The van der Waals surface area contributed by atoms with Crippen molar-refractivity contribution in [3.05, 3.63) is 90.9 Å². The third-order valence-electron chi connectivity index (χ3n) is 6.36. The number of aromatic nitrogens is 6. The van der Waals surface area contributed by atoms with E-state index in [2.05, 4.69) is 41.1 Å². The number of halogens is 8. The highest BCUT2D eigenvalue weighted by Crippen LogP contribution is 2.23. The number of nitrogens with zero attached hydrogens (tertiary/aromatic N) is 8. The molecule has 4 aromatic heterocycles. The van der Waals surface area contributed by atoms with E-state index in [1.807, 2.05) is 0 Å². The molecule has 4 heterocycles. The number of nitrogens with one attached hydrogen (secondary N) is 2. The van der Waals surface area contributed by atoms with Crippen LogP contribution in [0, 0.1) is 0 Å². The summed E-state index contributed by atoms with van der Waals surface area (Å²) in [5.74, 6) is -1.47. The zero-order chi connectivity index (χ0) is 40.3. The summed E-state index contributed by atoms with van der Waals surface area (Å²) in [5.41, 5.74) is -0.741. The van der Waals surface area contributed by atoms with Gasteiger partial charge in [-0.25, -0.2) is 17.6 Å². The van der Waals surface area contributed by atoms with Crippen LogP contribution in [-0.4, -0.2) is 78.1 Å². The van der Waals surface area contributed by atoms with Crippen LogP contribution in [0.25, 0.3) is 0 Å². The summed E-state index contributed by atoms with van der Waals surface area (Å²) < 4.78 is 54.4. The Morgan fingerprint density at radius 2 is 1.06 bits per heavy atom. The summed E-state index contributed by atoms with van der Waals surface area (Å²) in [7, 11) is 2.90. The van der Waals surface area contributed by atoms with Crippen molar-refractivity contribution in [2.45, 2.75) is 52.8 Å². The Morgan fingerprint density at radius 3 is 1.35 bits per heavy atom. The first-order valence-corrected chi connectivity index (χ1v) is 17.2. The van der Waals surface area contributed by atoms with E-state index < -0.39 is 36.1 Å². The molecule has 0 spiro atoms. The normalized spacial score (nSPS) is 12.0. The molecule has 0 aliphatic rings. The minimum absolute atomic E-state index is 0.155. The number of carbonyl (C=O) groups excluding carboxylic acids is 2. The van der Waals surface area contributed by atoms with Gasteiger partial charge in [0.05, 0.1) is 44.3 Å². The SMILES string of the molecule is CC(C)O/N=C(/CNC(=O)c1cn(C)nc1C(F)F)c1ncc(Cl)cc1Cl.CC(C)ON=C(CNC(=O)c1cn(C)nc1C(F)F)c1ncc(Cl)cc1Cl. The molecule has 54 heavy (non-hydrogen) atoms. The van der Waals surface area contributed by atoms with Gasteiger partial charge in [-0.3, -0.25) is 28.9 Å². The summed E-state index contributed by atoms with van der Waals surface area (Å²) in [4.78, 5) is 43.3. The van der Waals surface area contributed by atoms with Crippen molar-refractivity contribution < 1.29 is 36.8 Å². The third-order valence-corrected chi connectivity index (χ3v) is 7.35. The number of pyridine rings is 2. The fourth-order valence-electron chi connectivity index (χ4n) is 4.11. The standard InChI is InChI=1S/2C16H17Cl2F2N5O2/c2*1-8(2)27-24-12(14-11(18)4-9(17)5-21-14)6-22-16(26)10-7-25(3)23-13(10)15(19)20/h2*4-5,7-8,15H,6H2,1-3H3,(H,22,26)/b24-12-;. The van der Waals surface area contributed by atoms with Crippen molar-refractivity contribution in [3.63, 3.8) is 0 Å². The Morgan fingerprint density at radius 1 is 0.704 bits per heavy atom. The van der Waals surface area contributed by atoms with E-state index in [1.54, 1.807) is 27.7 Å². The Balaban J connectivity index is 0.000000290. The van der Waals surface area contributed by atoms with E-state index in [-0.39, 0.29) is 69.3 Å². The van der Waals surface area contributed by atoms with Crippen LogP contribution in [0.4, 0.5) is 17.6 Å². The van der Waals surface area contributed by atoms with Crippen LogP contribution in [0.15, 0.2) is 47.2 Å². The molecular formula is C32H34Cl4F4N10O4. The van der Waals surface area contributed by atoms with Crippen molar-refractivity contribution in [1.29, 1.82) is 0 Å². The predicted octanol–water partition coefficient (Wildman–Crippen LogP) is 7.24. The lowest BCUT2D eigenvalue weighted by atomic mass is 10.2. The monoisotopic (exact) mass is 838 g/mol. The van der Waals surface area contributed by atoms with Crippen molar-refractivity contribution in [2.24, 2.45) is 24.4 Å². The molecule has 4 aromatic rings.